The van der Waals surface area contributed by atoms with Crippen LogP contribution in [0.15, 0.2) is 0 Å². The van der Waals surface area contributed by atoms with Crippen molar-refractivity contribution in [2.45, 2.75) is 64.3 Å². The molecular weight excluding hydrogens is 221 g/mol. The van der Waals surface area contributed by atoms with Crippen molar-refractivity contribution in [3.05, 3.63) is 0 Å². The number of hydrogen-bond donors (Lipinski definition) is 1. The third-order valence-corrected chi connectivity index (χ3v) is 2.35. The summed E-state index contributed by atoms with van der Waals surface area (Å²) in [4.78, 5) is 0. The normalized spacial score (nSPS) is 16.1. The lowest BCUT2D eigenvalue weighted by Crippen LogP contribution is -2.28. The monoisotopic (exact) mass is 242 g/mol. The largest absolute Gasteiger partial charge is 0.390 e. The van der Waals surface area contributed by atoms with E-state index in [-0.39, 0.29) is 19.1 Å². The van der Waals surface area contributed by atoms with Gasteiger partial charge in [-0.25, -0.2) is 0 Å². The van der Waals surface area contributed by atoms with Crippen LogP contribution in [0.5, 0.6) is 0 Å². The van der Waals surface area contributed by atoms with Gasteiger partial charge < -0.3 is 9.84 Å². The second-order valence-electron chi connectivity index (χ2n) is 3.89. The van der Waals surface area contributed by atoms with Gasteiger partial charge in [-0.2, -0.15) is 13.2 Å². The van der Waals surface area contributed by atoms with Crippen molar-refractivity contribution >= 4 is 0 Å². The second kappa shape index (κ2) is 7.90. The van der Waals surface area contributed by atoms with E-state index in [2.05, 4.69) is 0 Å². The number of hydrogen-bond acceptors (Lipinski definition) is 2. The van der Waals surface area contributed by atoms with E-state index in [1.165, 1.54) is 0 Å². The molecule has 0 fully saturated rings. The molecule has 16 heavy (non-hydrogen) atoms. The Morgan fingerprint density at radius 1 is 1.25 bits per heavy atom. The Balaban J connectivity index is 3.71. The predicted molar refractivity (Wildman–Crippen MR) is 56.2 cm³/mol. The summed E-state index contributed by atoms with van der Waals surface area (Å²) in [5.74, 6) is 0. The van der Waals surface area contributed by atoms with Crippen LogP contribution < -0.4 is 0 Å². The molecule has 0 aromatic rings. The van der Waals surface area contributed by atoms with Gasteiger partial charge in [0.25, 0.3) is 0 Å². The summed E-state index contributed by atoms with van der Waals surface area (Å²) in [7, 11) is 0. The summed E-state index contributed by atoms with van der Waals surface area (Å²) in [5, 5.41) is 9.62. The van der Waals surface area contributed by atoms with Gasteiger partial charge in [0.1, 0.15) is 0 Å². The van der Waals surface area contributed by atoms with E-state index in [4.69, 9.17) is 4.74 Å². The van der Waals surface area contributed by atoms with Crippen molar-refractivity contribution in [3.63, 3.8) is 0 Å². The second-order valence-corrected chi connectivity index (χ2v) is 3.89. The summed E-state index contributed by atoms with van der Waals surface area (Å²) in [6.07, 6.45) is -3.82. The molecule has 0 aliphatic carbocycles. The van der Waals surface area contributed by atoms with Gasteiger partial charge in [-0.3, -0.25) is 0 Å². The molecule has 0 radical (unpaired) electrons. The fourth-order valence-corrected chi connectivity index (χ4v) is 1.49. The van der Waals surface area contributed by atoms with Gasteiger partial charge in [-0.15, -0.1) is 0 Å². The Hall–Kier alpha value is -0.290. The molecule has 0 saturated carbocycles. The van der Waals surface area contributed by atoms with E-state index in [0.717, 1.165) is 6.42 Å². The van der Waals surface area contributed by atoms with Gasteiger partial charge in [0.05, 0.1) is 12.2 Å². The highest BCUT2D eigenvalue weighted by Gasteiger charge is 2.26. The maximum absolute atomic E-state index is 11.8. The van der Waals surface area contributed by atoms with Gasteiger partial charge in [-0.05, 0) is 19.3 Å². The first-order valence-corrected chi connectivity index (χ1v) is 5.77. The van der Waals surface area contributed by atoms with E-state index < -0.39 is 18.7 Å². The number of ether oxygens (including phenoxy) is 1. The number of rotatable bonds is 8. The number of aliphatic hydroxyl groups excluding tert-OH is 1. The molecule has 0 aliphatic heterocycles. The summed E-state index contributed by atoms with van der Waals surface area (Å²) >= 11 is 0. The molecule has 0 spiro atoms. The molecule has 2 unspecified atom stereocenters. The van der Waals surface area contributed by atoms with Crippen molar-refractivity contribution in [1.82, 2.24) is 0 Å². The van der Waals surface area contributed by atoms with Crippen molar-refractivity contribution < 1.29 is 23.0 Å². The SMILES string of the molecule is CCCC(O)C(CC)OCCCC(F)(F)F. The molecule has 0 bridgehead atoms. The van der Waals surface area contributed by atoms with E-state index in [9.17, 15) is 18.3 Å². The lowest BCUT2D eigenvalue weighted by atomic mass is 10.1. The van der Waals surface area contributed by atoms with Crippen LogP contribution in [-0.4, -0.2) is 30.1 Å². The quantitative estimate of drug-likeness (QED) is 0.662. The van der Waals surface area contributed by atoms with Crippen molar-refractivity contribution in [1.29, 1.82) is 0 Å². The molecule has 5 heteroatoms. The first kappa shape index (κ1) is 15.7. The molecule has 0 rings (SSSR count). The van der Waals surface area contributed by atoms with E-state index in [1.807, 2.05) is 13.8 Å². The van der Waals surface area contributed by atoms with Gasteiger partial charge in [0, 0.05) is 13.0 Å². The topological polar surface area (TPSA) is 29.5 Å². The highest BCUT2D eigenvalue weighted by Crippen LogP contribution is 2.21. The van der Waals surface area contributed by atoms with Crippen molar-refractivity contribution in [2.24, 2.45) is 0 Å². The third kappa shape index (κ3) is 7.93. The van der Waals surface area contributed by atoms with Crippen LogP contribution in [0.4, 0.5) is 13.2 Å². The zero-order valence-corrected chi connectivity index (χ0v) is 9.89. The Morgan fingerprint density at radius 2 is 1.88 bits per heavy atom. The summed E-state index contributed by atoms with van der Waals surface area (Å²) in [6, 6.07) is 0. The van der Waals surface area contributed by atoms with Crippen LogP contribution in [0.25, 0.3) is 0 Å². The Bertz CT molecular complexity index is 171. The lowest BCUT2D eigenvalue weighted by Gasteiger charge is -2.21. The molecule has 98 valence electrons. The minimum Gasteiger partial charge on any atom is -0.390 e. The minimum absolute atomic E-state index is 0.0428. The fourth-order valence-electron chi connectivity index (χ4n) is 1.49. The molecule has 0 heterocycles. The van der Waals surface area contributed by atoms with Crippen LogP contribution >= 0.6 is 0 Å². The molecule has 0 amide bonds. The molecule has 2 atom stereocenters. The molecule has 0 aliphatic rings. The highest BCUT2D eigenvalue weighted by molar-refractivity contribution is 4.67. The maximum atomic E-state index is 11.8. The molecule has 0 saturated heterocycles. The first-order chi connectivity index (χ1) is 7.40. The Labute approximate surface area is 94.8 Å². The van der Waals surface area contributed by atoms with Crippen LogP contribution in [0.3, 0.4) is 0 Å². The van der Waals surface area contributed by atoms with Crippen molar-refractivity contribution in [2.75, 3.05) is 6.61 Å². The number of alkyl halides is 3. The van der Waals surface area contributed by atoms with Crippen molar-refractivity contribution in [3.8, 4) is 0 Å². The average molecular weight is 242 g/mol. The summed E-state index contributed by atoms with van der Waals surface area (Å²) < 4.78 is 40.8. The fraction of sp³-hybridized carbons (Fsp3) is 1.00. The van der Waals surface area contributed by atoms with Gasteiger partial charge in [0.2, 0.25) is 0 Å². The van der Waals surface area contributed by atoms with Gasteiger partial charge in [-0.1, -0.05) is 20.3 Å². The first-order valence-electron chi connectivity index (χ1n) is 5.77. The zero-order chi connectivity index (χ0) is 12.6. The minimum atomic E-state index is -4.12. The molecule has 0 aromatic heterocycles. The van der Waals surface area contributed by atoms with Crippen LogP contribution in [-0.2, 0) is 4.74 Å². The number of aliphatic hydroxyl groups is 1. The summed E-state index contributed by atoms with van der Waals surface area (Å²) in [6.45, 7) is 3.85. The molecule has 1 N–H and O–H groups in total. The Kier molecular flexibility index (Phi) is 7.76. The van der Waals surface area contributed by atoms with Crippen LogP contribution in [0, 0.1) is 0 Å². The number of halogens is 3. The maximum Gasteiger partial charge on any atom is 0.389 e. The lowest BCUT2D eigenvalue weighted by molar-refractivity contribution is -0.140. The summed E-state index contributed by atoms with van der Waals surface area (Å²) in [5.41, 5.74) is 0. The average Bonchev–Trinajstić information content (AvgIpc) is 2.16. The van der Waals surface area contributed by atoms with Crippen LogP contribution in [0.1, 0.15) is 46.0 Å². The highest BCUT2D eigenvalue weighted by atomic mass is 19.4. The molecular formula is C11H21F3O2. The molecule has 2 nitrogen and oxygen atoms in total. The van der Waals surface area contributed by atoms with Gasteiger partial charge in [0.15, 0.2) is 0 Å². The van der Waals surface area contributed by atoms with E-state index >= 15 is 0 Å². The standard InChI is InChI=1S/C11H21F3O2/c1-3-6-9(15)10(4-2)16-8-5-7-11(12,13)14/h9-10,15H,3-8H2,1-2H3. The Morgan fingerprint density at radius 3 is 2.31 bits per heavy atom. The van der Waals surface area contributed by atoms with Gasteiger partial charge >= 0.3 is 6.18 Å². The van der Waals surface area contributed by atoms with E-state index in [1.54, 1.807) is 0 Å². The van der Waals surface area contributed by atoms with Crippen LogP contribution in [0.2, 0.25) is 0 Å². The predicted octanol–water partition coefficient (Wildman–Crippen LogP) is 3.29. The zero-order valence-electron chi connectivity index (χ0n) is 9.89. The third-order valence-electron chi connectivity index (χ3n) is 2.35. The van der Waals surface area contributed by atoms with E-state index in [0.29, 0.717) is 12.8 Å². The smallest absolute Gasteiger partial charge is 0.389 e. The molecule has 0 aromatic carbocycles.